The highest BCUT2D eigenvalue weighted by Crippen LogP contribution is 2.40. The zero-order chi connectivity index (χ0) is 21.1. The van der Waals surface area contributed by atoms with Crippen molar-refractivity contribution in [1.29, 1.82) is 0 Å². The summed E-state index contributed by atoms with van der Waals surface area (Å²) in [7, 11) is 0. The molecule has 0 aromatic heterocycles. The van der Waals surface area contributed by atoms with E-state index in [0.717, 1.165) is 11.3 Å². The number of amides is 1. The van der Waals surface area contributed by atoms with Crippen molar-refractivity contribution < 1.29 is 9.90 Å². The third-order valence-corrected chi connectivity index (χ3v) is 5.98. The molecular weight excluding hydrogens is 416 g/mol. The van der Waals surface area contributed by atoms with Crippen LogP contribution in [0.3, 0.4) is 0 Å². The molecule has 4 rings (SSSR count). The van der Waals surface area contributed by atoms with Gasteiger partial charge in [0, 0.05) is 10.6 Å². The fraction of sp³-hybridized carbons (Fsp3) is 0.0833. The van der Waals surface area contributed by atoms with E-state index in [0.29, 0.717) is 20.7 Å². The number of halogens is 1. The van der Waals surface area contributed by atoms with Crippen LogP contribution >= 0.6 is 23.4 Å². The average molecular weight is 435 g/mol. The van der Waals surface area contributed by atoms with Gasteiger partial charge in [-0.1, -0.05) is 60.1 Å². The van der Waals surface area contributed by atoms with Crippen molar-refractivity contribution in [3.8, 4) is 5.75 Å². The molecule has 0 saturated carbocycles. The second-order valence-electron chi connectivity index (χ2n) is 6.81. The minimum atomic E-state index is -0.201. The van der Waals surface area contributed by atoms with Crippen molar-refractivity contribution in [2.45, 2.75) is 13.0 Å². The normalized spacial score (nSPS) is 17.7. The van der Waals surface area contributed by atoms with Crippen molar-refractivity contribution in [1.82, 2.24) is 4.90 Å². The number of phenolic OH excluding ortho intramolecular Hbond substituents is 1. The highest BCUT2D eigenvalue weighted by Gasteiger charge is 2.37. The topological polar surface area (TPSA) is 52.9 Å². The SMILES string of the molecule is C[C@@H](c1ccccc1)N1C(=O)/C(=C\c2cc(Cl)ccc2O)SC1=Nc1ccccc1. The number of rotatable bonds is 4. The monoisotopic (exact) mass is 434 g/mol. The molecule has 1 aliphatic heterocycles. The summed E-state index contributed by atoms with van der Waals surface area (Å²) in [6.45, 7) is 1.98. The van der Waals surface area contributed by atoms with E-state index in [1.54, 1.807) is 23.1 Å². The summed E-state index contributed by atoms with van der Waals surface area (Å²) in [6, 6.07) is 23.9. The number of para-hydroxylation sites is 1. The van der Waals surface area contributed by atoms with Crippen LogP contribution in [0.2, 0.25) is 5.02 Å². The van der Waals surface area contributed by atoms with Gasteiger partial charge in [-0.15, -0.1) is 0 Å². The predicted molar refractivity (Wildman–Crippen MR) is 124 cm³/mol. The Morgan fingerprint density at radius 3 is 2.40 bits per heavy atom. The summed E-state index contributed by atoms with van der Waals surface area (Å²) in [5, 5.41) is 11.2. The molecule has 1 saturated heterocycles. The maximum atomic E-state index is 13.4. The first-order valence-electron chi connectivity index (χ1n) is 9.43. The summed E-state index contributed by atoms with van der Waals surface area (Å²) in [5.41, 5.74) is 2.27. The van der Waals surface area contributed by atoms with Gasteiger partial charge in [-0.3, -0.25) is 9.69 Å². The van der Waals surface area contributed by atoms with Crippen LogP contribution < -0.4 is 0 Å². The van der Waals surface area contributed by atoms with E-state index in [1.807, 2.05) is 67.6 Å². The van der Waals surface area contributed by atoms with Gasteiger partial charge in [0.15, 0.2) is 5.17 Å². The van der Waals surface area contributed by atoms with Gasteiger partial charge >= 0.3 is 0 Å². The highest BCUT2D eigenvalue weighted by molar-refractivity contribution is 8.18. The molecule has 30 heavy (non-hydrogen) atoms. The molecule has 0 unspecified atom stereocenters. The first-order chi connectivity index (χ1) is 14.5. The van der Waals surface area contributed by atoms with Crippen molar-refractivity contribution in [2.75, 3.05) is 0 Å². The van der Waals surface area contributed by atoms with Crippen LogP contribution in [0.5, 0.6) is 5.75 Å². The van der Waals surface area contributed by atoms with Gasteiger partial charge in [0.25, 0.3) is 5.91 Å². The summed E-state index contributed by atoms with van der Waals surface area (Å²) in [5.74, 6) is -0.0955. The van der Waals surface area contributed by atoms with Crippen LogP contribution in [0.15, 0.2) is 88.8 Å². The zero-order valence-electron chi connectivity index (χ0n) is 16.2. The first-order valence-corrected chi connectivity index (χ1v) is 10.6. The number of nitrogens with zero attached hydrogens (tertiary/aromatic N) is 2. The van der Waals surface area contributed by atoms with Gasteiger partial charge in [-0.05, 0) is 60.7 Å². The molecule has 3 aromatic carbocycles. The number of hydrogen-bond acceptors (Lipinski definition) is 4. The number of amidine groups is 1. The summed E-state index contributed by atoms with van der Waals surface area (Å²) < 4.78 is 0. The zero-order valence-corrected chi connectivity index (χ0v) is 17.8. The molecule has 1 heterocycles. The Hall–Kier alpha value is -3.02. The largest absolute Gasteiger partial charge is 0.507 e. The van der Waals surface area contributed by atoms with Crippen molar-refractivity contribution in [3.63, 3.8) is 0 Å². The fourth-order valence-corrected chi connectivity index (χ4v) is 4.42. The lowest BCUT2D eigenvalue weighted by atomic mass is 10.1. The van der Waals surface area contributed by atoms with Crippen LogP contribution in [0.25, 0.3) is 6.08 Å². The first kappa shape index (κ1) is 20.3. The third kappa shape index (κ3) is 4.27. The number of phenols is 1. The van der Waals surface area contributed by atoms with Crippen LogP contribution in [-0.4, -0.2) is 21.1 Å². The number of hydrogen-bond donors (Lipinski definition) is 1. The highest BCUT2D eigenvalue weighted by atomic mass is 35.5. The van der Waals surface area contributed by atoms with E-state index in [1.165, 1.54) is 17.8 Å². The summed E-state index contributed by atoms with van der Waals surface area (Å²) in [6.07, 6.45) is 1.66. The predicted octanol–water partition coefficient (Wildman–Crippen LogP) is 6.41. The lowest BCUT2D eigenvalue weighted by Gasteiger charge is -2.24. The van der Waals surface area contributed by atoms with Gasteiger partial charge in [0.2, 0.25) is 0 Å². The van der Waals surface area contributed by atoms with E-state index in [4.69, 9.17) is 16.6 Å². The molecule has 4 nitrogen and oxygen atoms in total. The standard InChI is InChI=1S/C24H19ClN2O2S/c1-16(17-8-4-2-5-9-17)27-23(29)22(15-18-14-19(25)12-13-21(18)28)30-24(27)26-20-10-6-3-7-11-20/h2-16,28H,1H3/b22-15+,26-24?/t16-/m0/s1. The van der Waals surface area contributed by atoms with Crippen LogP contribution in [0, 0.1) is 0 Å². The molecule has 1 atom stereocenters. The Bertz CT molecular complexity index is 1130. The van der Waals surface area contributed by atoms with Crippen LogP contribution in [0.4, 0.5) is 5.69 Å². The molecule has 150 valence electrons. The lowest BCUT2D eigenvalue weighted by molar-refractivity contribution is -0.123. The number of benzene rings is 3. The Morgan fingerprint density at radius 2 is 1.70 bits per heavy atom. The Morgan fingerprint density at radius 1 is 1.03 bits per heavy atom. The molecule has 3 aromatic rings. The summed E-state index contributed by atoms with van der Waals surface area (Å²) in [4.78, 5) is 20.3. The van der Waals surface area contributed by atoms with Crippen molar-refractivity contribution >= 4 is 46.2 Å². The minimum absolute atomic E-state index is 0.0661. The Kier molecular flexibility index (Phi) is 5.93. The summed E-state index contributed by atoms with van der Waals surface area (Å²) >= 11 is 7.35. The molecule has 1 fully saturated rings. The van der Waals surface area contributed by atoms with Crippen molar-refractivity contribution in [2.24, 2.45) is 4.99 Å². The molecule has 6 heteroatoms. The van der Waals surface area contributed by atoms with Gasteiger partial charge in [0.1, 0.15) is 5.75 Å². The molecule has 0 radical (unpaired) electrons. The number of aliphatic imine (C=N–C) groups is 1. The molecule has 1 aliphatic rings. The number of thioether (sulfide) groups is 1. The lowest BCUT2D eigenvalue weighted by Crippen LogP contribution is -2.32. The molecule has 0 bridgehead atoms. The smallest absolute Gasteiger partial charge is 0.267 e. The molecule has 0 aliphatic carbocycles. The van der Waals surface area contributed by atoms with Crippen LogP contribution in [0.1, 0.15) is 24.1 Å². The van der Waals surface area contributed by atoms with Gasteiger partial charge in [0.05, 0.1) is 16.6 Å². The van der Waals surface area contributed by atoms with Gasteiger partial charge in [-0.25, -0.2) is 4.99 Å². The quantitative estimate of drug-likeness (QED) is 0.482. The number of carbonyl (C=O) groups excluding carboxylic acids is 1. The van der Waals surface area contributed by atoms with Gasteiger partial charge < -0.3 is 5.11 Å². The molecule has 1 N–H and O–H groups in total. The number of carbonyl (C=O) groups is 1. The molecule has 1 amide bonds. The van der Waals surface area contributed by atoms with Crippen LogP contribution in [-0.2, 0) is 4.79 Å². The maximum Gasteiger partial charge on any atom is 0.267 e. The number of aromatic hydroxyl groups is 1. The van der Waals surface area contributed by atoms with E-state index in [2.05, 4.69) is 0 Å². The van der Waals surface area contributed by atoms with Crippen molar-refractivity contribution in [3.05, 3.63) is 99.9 Å². The second-order valence-corrected chi connectivity index (χ2v) is 8.25. The van der Waals surface area contributed by atoms with E-state index < -0.39 is 0 Å². The molecule has 0 spiro atoms. The van der Waals surface area contributed by atoms with E-state index in [-0.39, 0.29) is 17.7 Å². The Labute approximate surface area is 184 Å². The molecular formula is C24H19ClN2O2S. The van der Waals surface area contributed by atoms with E-state index >= 15 is 0 Å². The second kappa shape index (κ2) is 8.78. The Balaban J connectivity index is 1.77. The fourth-order valence-electron chi connectivity index (χ4n) is 3.18. The average Bonchev–Trinajstić information content (AvgIpc) is 3.06. The third-order valence-electron chi connectivity index (χ3n) is 4.76. The minimum Gasteiger partial charge on any atom is -0.507 e. The maximum absolute atomic E-state index is 13.4. The van der Waals surface area contributed by atoms with Gasteiger partial charge in [-0.2, -0.15) is 0 Å². The van der Waals surface area contributed by atoms with E-state index in [9.17, 15) is 9.90 Å².